The summed E-state index contributed by atoms with van der Waals surface area (Å²) in [4.78, 5) is 14.9. The Bertz CT molecular complexity index is 1050. The van der Waals surface area contributed by atoms with Crippen LogP contribution in [0.2, 0.25) is 0 Å². The molecule has 3 rings (SSSR count). The van der Waals surface area contributed by atoms with Crippen molar-refractivity contribution in [2.24, 2.45) is 0 Å². The van der Waals surface area contributed by atoms with E-state index in [4.69, 9.17) is 30.3 Å². The number of hydrogen-bond donors (Lipinski definition) is 0. The first-order valence-electron chi connectivity index (χ1n) is 8.37. The van der Waals surface area contributed by atoms with Crippen LogP contribution in [0.25, 0.3) is 22.5 Å². The van der Waals surface area contributed by atoms with E-state index in [-0.39, 0.29) is 16.7 Å². The van der Waals surface area contributed by atoms with E-state index in [1.165, 1.54) is 7.11 Å². The number of aromatic nitrogens is 2. The van der Waals surface area contributed by atoms with Crippen molar-refractivity contribution in [3.63, 3.8) is 0 Å². The summed E-state index contributed by atoms with van der Waals surface area (Å²) in [5.74, 6) is 0.348. The quantitative estimate of drug-likeness (QED) is 0.552. The van der Waals surface area contributed by atoms with Crippen molar-refractivity contribution in [2.45, 2.75) is 0 Å². The fraction of sp³-hybridized carbons (Fsp3) is 0.150. The van der Waals surface area contributed by atoms with Gasteiger partial charge < -0.3 is 28.6 Å². The monoisotopic (exact) mass is 415 g/mol. The number of carbonyl (C=O) groups is 1. The topological polar surface area (TPSA) is 107 Å². The van der Waals surface area contributed by atoms with Crippen LogP contribution >= 0.6 is 11.6 Å². The molecule has 0 fully saturated rings. The number of para-hydroxylation sites is 1. The van der Waals surface area contributed by atoms with Gasteiger partial charge >= 0.3 is 0 Å². The Kier molecular flexibility index (Phi) is 6.36. The molecule has 0 amide bonds. The highest BCUT2D eigenvalue weighted by Crippen LogP contribution is 2.32. The first-order valence-corrected chi connectivity index (χ1v) is 8.75. The van der Waals surface area contributed by atoms with E-state index < -0.39 is 12.6 Å². The van der Waals surface area contributed by atoms with Gasteiger partial charge in [-0.05, 0) is 35.9 Å². The number of carboxylic acid groups (broad SMARTS) is 1. The molecule has 0 aliphatic carbocycles. The second-order valence-corrected chi connectivity index (χ2v) is 6.09. The van der Waals surface area contributed by atoms with Crippen molar-refractivity contribution in [1.82, 2.24) is 10.1 Å². The number of nitrogens with zero attached hydrogens (tertiary/aromatic N) is 2. The molecule has 1 heterocycles. The zero-order chi connectivity index (χ0) is 20.8. The summed E-state index contributed by atoms with van der Waals surface area (Å²) in [5, 5.41) is 14.7. The normalized spacial score (nSPS) is 11.2. The Balaban J connectivity index is 1.84. The summed E-state index contributed by atoms with van der Waals surface area (Å²) < 4.78 is 20.9. The Hall–Kier alpha value is -3.52. The fourth-order valence-electron chi connectivity index (χ4n) is 2.50. The molecule has 0 unspecified atom stereocenters. The number of methoxy groups -OCH3 is 2. The lowest BCUT2D eigenvalue weighted by molar-refractivity contribution is -0.307. The van der Waals surface area contributed by atoms with Crippen LogP contribution in [-0.2, 0) is 4.79 Å². The third-order valence-corrected chi connectivity index (χ3v) is 4.08. The van der Waals surface area contributed by atoms with Gasteiger partial charge in [0.2, 0.25) is 5.82 Å². The predicted octanol–water partition coefficient (Wildman–Crippen LogP) is 2.62. The standard InChI is InChI=1S/C20H17ClN2O6/c1-26-15-6-4-3-5-13(15)19-22-20(29-23-19)14(21)9-12-7-8-16(17(10-12)27-2)28-11-18(24)25/h3-10H,11H2,1-2H3,(H,24,25)/p-1/b14-9-. The molecule has 8 nitrogen and oxygen atoms in total. The molecule has 0 atom stereocenters. The average Bonchev–Trinajstić information content (AvgIpc) is 3.22. The van der Waals surface area contributed by atoms with E-state index in [1.54, 1.807) is 43.5 Å². The number of carbonyl (C=O) groups excluding carboxylic acids is 1. The van der Waals surface area contributed by atoms with Crippen molar-refractivity contribution in [3.05, 3.63) is 53.9 Å². The number of rotatable bonds is 8. The molecule has 1 aromatic heterocycles. The molecule has 0 bridgehead atoms. The largest absolute Gasteiger partial charge is 0.546 e. The van der Waals surface area contributed by atoms with Crippen LogP contribution in [0.15, 0.2) is 47.0 Å². The minimum absolute atomic E-state index is 0.129. The smallest absolute Gasteiger partial charge is 0.269 e. The molecule has 0 aliphatic rings. The van der Waals surface area contributed by atoms with Crippen LogP contribution in [0.1, 0.15) is 11.5 Å². The zero-order valence-electron chi connectivity index (χ0n) is 15.5. The molecule has 0 aliphatic heterocycles. The van der Waals surface area contributed by atoms with Gasteiger partial charge in [0, 0.05) is 0 Å². The van der Waals surface area contributed by atoms with Gasteiger partial charge in [-0.15, -0.1) is 0 Å². The van der Waals surface area contributed by atoms with E-state index in [9.17, 15) is 9.90 Å². The number of benzene rings is 2. The van der Waals surface area contributed by atoms with E-state index >= 15 is 0 Å². The van der Waals surface area contributed by atoms with Gasteiger partial charge in [0.05, 0.1) is 25.8 Å². The molecule has 150 valence electrons. The molecule has 3 aromatic rings. The average molecular weight is 416 g/mol. The van der Waals surface area contributed by atoms with Crippen molar-refractivity contribution >= 4 is 28.7 Å². The van der Waals surface area contributed by atoms with Gasteiger partial charge in [0.15, 0.2) is 11.5 Å². The molecule has 2 aromatic carbocycles. The number of aliphatic carboxylic acids is 1. The highest BCUT2D eigenvalue weighted by atomic mass is 35.5. The maximum atomic E-state index is 10.6. The van der Waals surface area contributed by atoms with Crippen molar-refractivity contribution < 1.29 is 28.6 Å². The van der Waals surface area contributed by atoms with E-state index in [2.05, 4.69) is 10.1 Å². The molecule has 0 saturated heterocycles. The molecule has 0 N–H and O–H groups in total. The SMILES string of the molecule is COc1cc(/C=C(\Cl)c2nc(-c3ccccc3OC)no2)ccc1OCC(=O)[O-]. The van der Waals surface area contributed by atoms with Crippen LogP contribution in [0, 0.1) is 0 Å². The first kappa shape index (κ1) is 20.2. The Morgan fingerprint density at radius 1 is 1.14 bits per heavy atom. The molecule has 29 heavy (non-hydrogen) atoms. The highest BCUT2D eigenvalue weighted by Gasteiger charge is 2.15. The van der Waals surface area contributed by atoms with Crippen molar-refractivity contribution in [1.29, 1.82) is 0 Å². The lowest BCUT2D eigenvalue weighted by atomic mass is 10.2. The molecular formula is C20H16ClN2O6-. The summed E-state index contributed by atoms with van der Waals surface area (Å²) in [6, 6.07) is 12.1. The summed E-state index contributed by atoms with van der Waals surface area (Å²) in [7, 11) is 2.99. The maximum Gasteiger partial charge on any atom is 0.269 e. The highest BCUT2D eigenvalue weighted by molar-refractivity contribution is 6.50. The predicted molar refractivity (Wildman–Crippen MR) is 104 cm³/mol. The fourth-order valence-corrected chi connectivity index (χ4v) is 2.70. The first-order chi connectivity index (χ1) is 14.0. The van der Waals surface area contributed by atoms with Gasteiger partial charge in [0.25, 0.3) is 5.89 Å². The lowest BCUT2D eigenvalue weighted by Crippen LogP contribution is -2.29. The Morgan fingerprint density at radius 2 is 1.90 bits per heavy atom. The lowest BCUT2D eigenvalue weighted by Gasteiger charge is -2.11. The van der Waals surface area contributed by atoms with Gasteiger partial charge in [-0.2, -0.15) is 4.98 Å². The van der Waals surface area contributed by atoms with Crippen LogP contribution in [-0.4, -0.2) is 36.9 Å². The third-order valence-electron chi connectivity index (χ3n) is 3.80. The van der Waals surface area contributed by atoms with Gasteiger partial charge in [-0.3, -0.25) is 0 Å². The summed E-state index contributed by atoms with van der Waals surface area (Å²) in [5.41, 5.74) is 1.33. The molecule has 0 radical (unpaired) electrons. The van der Waals surface area contributed by atoms with Gasteiger partial charge in [-0.1, -0.05) is 35.0 Å². The van der Waals surface area contributed by atoms with E-state index in [0.29, 0.717) is 28.5 Å². The number of halogens is 1. The summed E-state index contributed by atoms with van der Waals surface area (Å²) in [6.45, 7) is -0.583. The zero-order valence-corrected chi connectivity index (χ0v) is 16.3. The van der Waals surface area contributed by atoms with Gasteiger partial charge in [0.1, 0.15) is 17.4 Å². The van der Waals surface area contributed by atoms with E-state index in [1.807, 2.05) is 12.1 Å². The van der Waals surface area contributed by atoms with Crippen molar-refractivity contribution in [2.75, 3.05) is 20.8 Å². The minimum atomic E-state index is -1.33. The van der Waals surface area contributed by atoms with Crippen LogP contribution in [0.4, 0.5) is 0 Å². The second-order valence-electron chi connectivity index (χ2n) is 5.69. The second kappa shape index (κ2) is 9.11. The third kappa shape index (κ3) is 4.85. The molecule has 9 heteroatoms. The number of hydrogen-bond acceptors (Lipinski definition) is 8. The van der Waals surface area contributed by atoms with Crippen LogP contribution in [0.5, 0.6) is 17.2 Å². The summed E-state index contributed by atoms with van der Waals surface area (Å²) in [6.07, 6.45) is 1.60. The van der Waals surface area contributed by atoms with Crippen LogP contribution in [0.3, 0.4) is 0 Å². The molecule has 0 saturated carbocycles. The van der Waals surface area contributed by atoms with Crippen molar-refractivity contribution in [3.8, 4) is 28.6 Å². The molecule has 0 spiro atoms. The number of carboxylic acids is 1. The van der Waals surface area contributed by atoms with Crippen LogP contribution < -0.4 is 19.3 Å². The number of ether oxygens (including phenoxy) is 3. The Labute approximate surface area is 171 Å². The maximum absolute atomic E-state index is 10.6. The molecular weight excluding hydrogens is 400 g/mol. The minimum Gasteiger partial charge on any atom is -0.546 e. The Morgan fingerprint density at radius 3 is 2.62 bits per heavy atom. The summed E-state index contributed by atoms with van der Waals surface area (Å²) >= 11 is 6.33. The van der Waals surface area contributed by atoms with E-state index in [0.717, 1.165) is 0 Å². The van der Waals surface area contributed by atoms with Gasteiger partial charge in [-0.25, -0.2) is 0 Å².